The Morgan fingerprint density at radius 3 is 2.68 bits per heavy atom. The highest BCUT2D eigenvalue weighted by Crippen LogP contribution is 2.25. The lowest BCUT2D eigenvalue weighted by molar-refractivity contribution is 0.277. The van der Waals surface area contributed by atoms with Crippen molar-refractivity contribution in [1.82, 2.24) is 20.1 Å². The largest absolute Gasteiger partial charge is 0.316 e. The number of nitrogens with zero attached hydrogens (tertiary/aromatic N) is 3. The first-order valence-electron chi connectivity index (χ1n) is 7.58. The molecule has 4 nitrogen and oxygen atoms in total. The molecule has 0 fully saturated rings. The molecule has 1 N–H and O–H groups in total. The topological polar surface area (TPSA) is 42.7 Å². The van der Waals surface area contributed by atoms with Gasteiger partial charge in [-0.25, -0.2) is 9.67 Å². The molecule has 1 rings (SSSR count). The fourth-order valence-electron chi connectivity index (χ4n) is 2.18. The monoisotopic (exact) mass is 266 g/mol. The first kappa shape index (κ1) is 16.2. The van der Waals surface area contributed by atoms with Crippen LogP contribution in [-0.2, 0) is 13.0 Å². The van der Waals surface area contributed by atoms with Crippen molar-refractivity contribution in [3.8, 4) is 0 Å². The van der Waals surface area contributed by atoms with Gasteiger partial charge in [-0.15, -0.1) is 0 Å². The molecule has 0 saturated heterocycles. The van der Waals surface area contributed by atoms with Crippen LogP contribution >= 0.6 is 0 Å². The van der Waals surface area contributed by atoms with Crippen LogP contribution in [0.2, 0.25) is 0 Å². The molecule has 1 atom stereocenters. The number of nitrogens with one attached hydrogen (secondary N) is 1. The van der Waals surface area contributed by atoms with E-state index in [4.69, 9.17) is 0 Å². The van der Waals surface area contributed by atoms with Crippen molar-refractivity contribution in [1.29, 1.82) is 0 Å². The molecule has 1 aromatic rings. The molecule has 1 heterocycles. The van der Waals surface area contributed by atoms with Crippen LogP contribution in [0.5, 0.6) is 0 Å². The summed E-state index contributed by atoms with van der Waals surface area (Å²) in [6.45, 7) is 14.3. The van der Waals surface area contributed by atoms with Crippen molar-refractivity contribution in [2.24, 2.45) is 11.3 Å². The van der Waals surface area contributed by atoms with E-state index in [1.807, 2.05) is 0 Å². The zero-order valence-corrected chi connectivity index (χ0v) is 13.2. The molecule has 19 heavy (non-hydrogen) atoms. The van der Waals surface area contributed by atoms with Gasteiger partial charge in [0.15, 0.2) is 0 Å². The van der Waals surface area contributed by atoms with E-state index in [1.165, 1.54) is 6.42 Å². The third-order valence-corrected chi connectivity index (χ3v) is 3.65. The minimum atomic E-state index is 0.261. The minimum Gasteiger partial charge on any atom is -0.316 e. The number of hydrogen-bond donors (Lipinski definition) is 1. The number of rotatable bonds is 9. The first-order valence-corrected chi connectivity index (χ1v) is 7.58. The molecule has 0 aromatic carbocycles. The third-order valence-electron chi connectivity index (χ3n) is 3.65. The summed E-state index contributed by atoms with van der Waals surface area (Å²) in [5.74, 6) is 1.72. The van der Waals surface area contributed by atoms with Crippen LogP contribution in [0.15, 0.2) is 6.33 Å². The van der Waals surface area contributed by atoms with Crippen molar-refractivity contribution >= 4 is 0 Å². The van der Waals surface area contributed by atoms with Crippen molar-refractivity contribution in [2.45, 2.75) is 60.4 Å². The van der Waals surface area contributed by atoms with E-state index in [9.17, 15) is 0 Å². The summed E-state index contributed by atoms with van der Waals surface area (Å²) >= 11 is 0. The van der Waals surface area contributed by atoms with E-state index >= 15 is 0 Å². The van der Waals surface area contributed by atoms with E-state index in [-0.39, 0.29) is 5.41 Å². The molecule has 0 aliphatic rings. The molecular formula is C15H30N4. The fourth-order valence-corrected chi connectivity index (χ4v) is 2.18. The Kier molecular flexibility index (Phi) is 6.49. The Labute approximate surface area is 118 Å². The summed E-state index contributed by atoms with van der Waals surface area (Å²) in [4.78, 5) is 4.45. The summed E-state index contributed by atoms with van der Waals surface area (Å²) in [5, 5.41) is 7.90. The van der Waals surface area contributed by atoms with Gasteiger partial charge < -0.3 is 5.32 Å². The van der Waals surface area contributed by atoms with E-state index in [1.54, 1.807) is 6.33 Å². The fraction of sp³-hybridized carbons (Fsp3) is 0.867. The molecule has 0 aliphatic carbocycles. The first-order chi connectivity index (χ1) is 9.00. The third kappa shape index (κ3) is 5.31. The lowest BCUT2D eigenvalue weighted by Crippen LogP contribution is -2.34. The van der Waals surface area contributed by atoms with Crippen molar-refractivity contribution in [2.75, 3.05) is 13.1 Å². The van der Waals surface area contributed by atoms with Gasteiger partial charge in [-0.05, 0) is 30.7 Å². The molecule has 0 bridgehead atoms. The molecule has 0 radical (unpaired) electrons. The zero-order valence-electron chi connectivity index (χ0n) is 13.2. The molecule has 0 spiro atoms. The highest BCUT2D eigenvalue weighted by molar-refractivity contribution is 4.93. The maximum atomic E-state index is 4.45. The standard InChI is InChI=1S/C15H30N4/c1-6-8-16-11-15(5,7-2)9-14-17-12-18-19(14)10-13(3)4/h12-13,16H,6-11H2,1-5H3. The van der Waals surface area contributed by atoms with Gasteiger partial charge in [-0.2, -0.15) is 5.10 Å². The van der Waals surface area contributed by atoms with E-state index < -0.39 is 0 Å². The predicted molar refractivity (Wildman–Crippen MR) is 80.1 cm³/mol. The number of aromatic nitrogens is 3. The molecule has 0 amide bonds. The second-order valence-electron chi connectivity index (χ2n) is 6.27. The minimum absolute atomic E-state index is 0.261. The molecule has 1 unspecified atom stereocenters. The van der Waals surface area contributed by atoms with Crippen LogP contribution in [0.4, 0.5) is 0 Å². The Hall–Kier alpha value is -0.900. The maximum absolute atomic E-state index is 4.45. The van der Waals surface area contributed by atoms with Crippen LogP contribution in [0.25, 0.3) is 0 Å². The highest BCUT2D eigenvalue weighted by atomic mass is 15.3. The average molecular weight is 266 g/mol. The lowest BCUT2D eigenvalue weighted by Gasteiger charge is -2.28. The summed E-state index contributed by atoms with van der Waals surface area (Å²) in [6, 6.07) is 0. The van der Waals surface area contributed by atoms with Crippen LogP contribution < -0.4 is 5.32 Å². The van der Waals surface area contributed by atoms with Crippen LogP contribution in [0.3, 0.4) is 0 Å². The Morgan fingerprint density at radius 1 is 1.37 bits per heavy atom. The second kappa shape index (κ2) is 7.63. The lowest BCUT2D eigenvalue weighted by atomic mass is 9.83. The van der Waals surface area contributed by atoms with Gasteiger partial charge >= 0.3 is 0 Å². The maximum Gasteiger partial charge on any atom is 0.138 e. The summed E-state index contributed by atoms with van der Waals surface area (Å²) < 4.78 is 2.07. The predicted octanol–water partition coefficient (Wildman–Crippen LogP) is 2.89. The van der Waals surface area contributed by atoms with Gasteiger partial charge in [-0.3, -0.25) is 0 Å². The van der Waals surface area contributed by atoms with Gasteiger partial charge in [0.2, 0.25) is 0 Å². The molecule has 4 heteroatoms. The SMILES string of the molecule is CCCNCC(C)(CC)Cc1ncnn1CC(C)C. The summed E-state index contributed by atoms with van der Waals surface area (Å²) in [5.41, 5.74) is 0.261. The van der Waals surface area contributed by atoms with E-state index in [0.717, 1.165) is 38.3 Å². The van der Waals surface area contributed by atoms with Gasteiger partial charge in [-0.1, -0.05) is 34.6 Å². The number of hydrogen-bond acceptors (Lipinski definition) is 3. The van der Waals surface area contributed by atoms with Crippen molar-refractivity contribution in [3.05, 3.63) is 12.2 Å². The zero-order chi connectivity index (χ0) is 14.3. The smallest absolute Gasteiger partial charge is 0.138 e. The van der Waals surface area contributed by atoms with Gasteiger partial charge in [0.05, 0.1) is 0 Å². The molecule has 0 aliphatic heterocycles. The highest BCUT2D eigenvalue weighted by Gasteiger charge is 2.24. The normalized spacial score (nSPS) is 14.8. The second-order valence-corrected chi connectivity index (χ2v) is 6.27. The molecule has 1 aromatic heterocycles. The van der Waals surface area contributed by atoms with Crippen LogP contribution in [0.1, 0.15) is 53.3 Å². The summed E-state index contributed by atoms with van der Waals surface area (Å²) in [7, 11) is 0. The summed E-state index contributed by atoms with van der Waals surface area (Å²) in [6.07, 6.45) is 5.02. The Morgan fingerprint density at radius 2 is 2.11 bits per heavy atom. The molecule has 110 valence electrons. The average Bonchev–Trinajstić information content (AvgIpc) is 2.76. The van der Waals surface area contributed by atoms with Crippen molar-refractivity contribution < 1.29 is 0 Å². The van der Waals surface area contributed by atoms with Crippen LogP contribution in [-0.4, -0.2) is 27.9 Å². The van der Waals surface area contributed by atoms with Crippen molar-refractivity contribution in [3.63, 3.8) is 0 Å². The molecular weight excluding hydrogens is 236 g/mol. The Bertz CT molecular complexity index is 359. The van der Waals surface area contributed by atoms with Gasteiger partial charge in [0, 0.05) is 19.5 Å². The quantitative estimate of drug-likeness (QED) is 0.699. The van der Waals surface area contributed by atoms with E-state index in [2.05, 4.69) is 54.7 Å². The Balaban J connectivity index is 2.66. The van der Waals surface area contributed by atoms with Gasteiger partial charge in [0.25, 0.3) is 0 Å². The van der Waals surface area contributed by atoms with Crippen LogP contribution in [0, 0.1) is 11.3 Å². The van der Waals surface area contributed by atoms with Gasteiger partial charge in [0.1, 0.15) is 12.2 Å². The molecule has 0 saturated carbocycles. The van der Waals surface area contributed by atoms with E-state index in [0.29, 0.717) is 5.92 Å².